The molecule has 0 bridgehead atoms. The molecule has 0 unspecified atom stereocenters. The summed E-state index contributed by atoms with van der Waals surface area (Å²) in [5.41, 5.74) is 0.298. The molecule has 0 aliphatic heterocycles. The third-order valence-corrected chi connectivity index (χ3v) is 6.01. The van der Waals surface area contributed by atoms with Gasteiger partial charge in [0.1, 0.15) is 0 Å². The highest BCUT2D eigenvalue weighted by molar-refractivity contribution is 9.10. The fraction of sp³-hybridized carbons (Fsp3) is 0.125. The van der Waals surface area contributed by atoms with Crippen molar-refractivity contribution in [2.75, 3.05) is 7.05 Å². The summed E-state index contributed by atoms with van der Waals surface area (Å²) in [6, 6.07) is 12.0. The molecule has 0 atom stereocenters. The van der Waals surface area contributed by atoms with Gasteiger partial charge >= 0.3 is 0 Å². The Bertz CT molecular complexity index is 1080. The summed E-state index contributed by atoms with van der Waals surface area (Å²) in [5.74, 6) is 0.211. The van der Waals surface area contributed by atoms with E-state index < -0.39 is 14.9 Å². The molecular weight excluding hydrogens is 440 g/mol. The van der Waals surface area contributed by atoms with E-state index in [1.807, 2.05) is 0 Å². The summed E-state index contributed by atoms with van der Waals surface area (Å²) in [7, 11) is -2.33. The molecular formula is C16H13BrN4O5S. The van der Waals surface area contributed by atoms with Gasteiger partial charge in [-0.1, -0.05) is 33.2 Å². The van der Waals surface area contributed by atoms with Crippen LogP contribution >= 0.6 is 15.9 Å². The minimum atomic E-state index is -3.73. The van der Waals surface area contributed by atoms with Crippen molar-refractivity contribution in [2.24, 2.45) is 0 Å². The minimum absolute atomic E-state index is 0.0692. The first-order valence-corrected chi connectivity index (χ1v) is 9.80. The predicted octanol–water partition coefficient (Wildman–Crippen LogP) is 3.23. The molecule has 0 radical (unpaired) electrons. The molecule has 0 aliphatic rings. The Labute approximate surface area is 163 Å². The number of halogens is 1. The van der Waals surface area contributed by atoms with Crippen LogP contribution < -0.4 is 0 Å². The third kappa shape index (κ3) is 4.21. The maximum atomic E-state index is 12.6. The van der Waals surface area contributed by atoms with Crippen LogP contribution in [0.5, 0.6) is 0 Å². The molecule has 1 aromatic heterocycles. The number of non-ortho nitro benzene ring substituents is 1. The Kier molecular flexibility index (Phi) is 5.35. The van der Waals surface area contributed by atoms with Crippen LogP contribution in [-0.2, 0) is 16.6 Å². The van der Waals surface area contributed by atoms with E-state index in [0.717, 1.165) is 8.78 Å². The smallest absolute Gasteiger partial charge is 0.270 e. The third-order valence-electron chi connectivity index (χ3n) is 3.66. The zero-order chi connectivity index (χ0) is 19.6. The normalized spacial score (nSPS) is 11.7. The second kappa shape index (κ2) is 7.55. The van der Waals surface area contributed by atoms with Crippen molar-refractivity contribution < 1.29 is 17.9 Å². The van der Waals surface area contributed by atoms with Crippen molar-refractivity contribution in [3.05, 3.63) is 69.0 Å². The summed E-state index contributed by atoms with van der Waals surface area (Å²) in [6.07, 6.45) is 0. The number of sulfonamides is 1. The summed E-state index contributed by atoms with van der Waals surface area (Å²) in [4.78, 5) is 14.6. The Morgan fingerprint density at radius 3 is 2.59 bits per heavy atom. The van der Waals surface area contributed by atoms with Crippen molar-refractivity contribution >= 4 is 31.6 Å². The molecule has 9 nitrogen and oxygen atoms in total. The Hall–Kier alpha value is -2.63. The predicted molar refractivity (Wildman–Crippen MR) is 99.2 cm³/mol. The van der Waals surface area contributed by atoms with Gasteiger partial charge < -0.3 is 4.52 Å². The molecule has 0 spiro atoms. The van der Waals surface area contributed by atoms with Crippen LogP contribution in [0.3, 0.4) is 0 Å². The van der Waals surface area contributed by atoms with Gasteiger partial charge in [-0.2, -0.15) is 9.29 Å². The SMILES string of the molecule is CN(Cc1nc(-c2cccc([N+](=O)[O-])c2)no1)S(=O)(=O)c1ccc(Br)cc1. The van der Waals surface area contributed by atoms with Crippen LogP contribution in [-0.4, -0.2) is 34.8 Å². The minimum Gasteiger partial charge on any atom is -0.338 e. The number of nitro groups is 1. The number of benzene rings is 2. The van der Waals surface area contributed by atoms with Gasteiger partial charge in [0.25, 0.3) is 5.69 Å². The molecule has 27 heavy (non-hydrogen) atoms. The standard InChI is InChI=1S/C16H13BrN4O5S/c1-20(27(24,25)14-7-5-12(17)6-8-14)10-15-18-16(19-26-15)11-3-2-4-13(9-11)21(22)23/h2-9H,10H2,1H3. The molecule has 3 aromatic rings. The first-order chi connectivity index (χ1) is 12.8. The van der Waals surface area contributed by atoms with Crippen molar-refractivity contribution in [1.82, 2.24) is 14.4 Å². The lowest BCUT2D eigenvalue weighted by Crippen LogP contribution is -2.26. The Balaban J connectivity index is 1.80. The number of hydrogen-bond acceptors (Lipinski definition) is 7. The molecule has 140 valence electrons. The molecule has 0 N–H and O–H groups in total. The number of hydrogen-bond donors (Lipinski definition) is 0. The number of nitro benzene ring substituents is 1. The van der Waals surface area contributed by atoms with Gasteiger partial charge in [0, 0.05) is 29.2 Å². The van der Waals surface area contributed by atoms with E-state index >= 15 is 0 Å². The second-order valence-electron chi connectivity index (χ2n) is 5.53. The van der Waals surface area contributed by atoms with E-state index in [1.165, 1.54) is 37.4 Å². The summed E-state index contributed by atoms with van der Waals surface area (Å²) in [5, 5.41) is 14.6. The first kappa shape index (κ1) is 19.1. The lowest BCUT2D eigenvalue weighted by molar-refractivity contribution is -0.384. The highest BCUT2D eigenvalue weighted by Crippen LogP contribution is 2.23. The van der Waals surface area contributed by atoms with Crippen molar-refractivity contribution in [1.29, 1.82) is 0 Å². The second-order valence-corrected chi connectivity index (χ2v) is 8.49. The highest BCUT2D eigenvalue weighted by Gasteiger charge is 2.23. The average Bonchev–Trinajstić information content (AvgIpc) is 3.10. The molecule has 0 fully saturated rings. The summed E-state index contributed by atoms with van der Waals surface area (Å²) >= 11 is 3.26. The fourth-order valence-electron chi connectivity index (χ4n) is 2.26. The van der Waals surface area contributed by atoms with E-state index in [0.29, 0.717) is 5.56 Å². The average molecular weight is 453 g/mol. The van der Waals surface area contributed by atoms with E-state index in [-0.39, 0.29) is 28.8 Å². The van der Waals surface area contributed by atoms with Crippen LogP contribution in [0.25, 0.3) is 11.4 Å². The molecule has 0 aliphatic carbocycles. The van der Waals surface area contributed by atoms with Gasteiger partial charge in [-0.3, -0.25) is 10.1 Å². The maximum Gasteiger partial charge on any atom is 0.270 e. The fourth-order valence-corrected chi connectivity index (χ4v) is 3.64. The monoisotopic (exact) mass is 452 g/mol. The largest absolute Gasteiger partial charge is 0.338 e. The van der Waals surface area contributed by atoms with Crippen molar-refractivity contribution in [3.8, 4) is 11.4 Å². The molecule has 0 amide bonds. The van der Waals surface area contributed by atoms with Gasteiger partial charge in [-0.05, 0) is 24.3 Å². The molecule has 11 heteroatoms. The quantitative estimate of drug-likeness (QED) is 0.415. The highest BCUT2D eigenvalue weighted by atomic mass is 79.9. The zero-order valence-corrected chi connectivity index (χ0v) is 16.3. The molecule has 3 rings (SSSR count). The van der Waals surface area contributed by atoms with Crippen molar-refractivity contribution in [2.45, 2.75) is 11.4 Å². The summed E-state index contributed by atoms with van der Waals surface area (Å²) < 4.78 is 32.1. The number of nitrogens with zero attached hydrogens (tertiary/aromatic N) is 4. The molecule has 0 saturated heterocycles. The van der Waals surface area contributed by atoms with E-state index in [1.54, 1.807) is 18.2 Å². The molecule has 2 aromatic carbocycles. The van der Waals surface area contributed by atoms with E-state index in [9.17, 15) is 18.5 Å². The van der Waals surface area contributed by atoms with Crippen LogP contribution in [0.2, 0.25) is 0 Å². The van der Waals surface area contributed by atoms with Gasteiger partial charge in [0.05, 0.1) is 16.4 Å². The number of aromatic nitrogens is 2. The topological polar surface area (TPSA) is 119 Å². The van der Waals surface area contributed by atoms with Crippen molar-refractivity contribution in [3.63, 3.8) is 0 Å². The molecule has 0 saturated carbocycles. The Morgan fingerprint density at radius 2 is 1.93 bits per heavy atom. The molecule has 1 heterocycles. The van der Waals surface area contributed by atoms with E-state index in [2.05, 4.69) is 26.1 Å². The van der Waals surface area contributed by atoms with Gasteiger partial charge in [-0.15, -0.1) is 0 Å². The van der Waals surface area contributed by atoms with Gasteiger partial charge in [-0.25, -0.2) is 8.42 Å². The van der Waals surface area contributed by atoms with Gasteiger partial charge in [0.2, 0.25) is 21.7 Å². The number of rotatable bonds is 6. The van der Waals surface area contributed by atoms with Crippen LogP contribution in [0.4, 0.5) is 5.69 Å². The van der Waals surface area contributed by atoms with E-state index in [4.69, 9.17) is 4.52 Å². The van der Waals surface area contributed by atoms with Crippen LogP contribution in [0.1, 0.15) is 5.89 Å². The lowest BCUT2D eigenvalue weighted by Gasteiger charge is -2.15. The maximum absolute atomic E-state index is 12.6. The van der Waals surface area contributed by atoms with Crippen LogP contribution in [0.15, 0.2) is 62.4 Å². The van der Waals surface area contributed by atoms with Crippen LogP contribution in [0, 0.1) is 10.1 Å². The van der Waals surface area contributed by atoms with Gasteiger partial charge in [0.15, 0.2) is 0 Å². The Morgan fingerprint density at radius 1 is 1.22 bits per heavy atom. The lowest BCUT2D eigenvalue weighted by atomic mass is 10.2. The summed E-state index contributed by atoms with van der Waals surface area (Å²) in [6.45, 7) is -0.139. The first-order valence-electron chi connectivity index (χ1n) is 7.57. The zero-order valence-electron chi connectivity index (χ0n) is 13.9.